The van der Waals surface area contributed by atoms with Gasteiger partial charge in [0.2, 0.25) is 0 Å². The Morgan fingerprint density at radius 2 is 2.12 bits per heavy atom. The molecule has 1 unspecified atom stereocenters. The van der Waals surface area contributed by atoms with E-state index in [0.29, 0.717) is 0 Å². The highest BCUT2D eigenvalue weighted by molar-refractivity contribution is 5.49. The second-order valence-corrected chi connectivity index (χ2v) is 4.32. The highest BCUT2D eigenvalue weighted by Crippen LogP contribution is 2.34. The van der Waals surface area contributed by atoms with Gasteiger partial charge in [-0.2, -0.15) is 0 Å². The highest BCUT2D eigenvalue weighted by Gasteiger charge is 2.19. The topological polar surface area (TPSA) is 55.5 Å². The number of nitrogens with two attached hydrogens (primary N) is 1. The summed E-state index contributed by atoms with van der Waals surface area (Å²) in [5.41, 5.74) is 9.46. The van der Waals surface area contributed by atoms with E-state index < -0.39 is 0 Å². The Balaban J connectivity index is 2.47. The van der Waals surface area contributed by atoms with Crippen molar-refractivity contribution in [1.29, 1.82) is 0 Å². The van der Waals surface area contributed by atoms with E-state index in [2.05, 4.69) is 6.07 Å². The minimum Gasteiger partial charge on any atom is -0.496 e. The maximum absolute atomic E-state index is 9.13. The van der Waals surface area contributed by atoms with E-state index in [0.717, 1.165) is 24.2 Å². The molecule has 3 heteroatoms. The van der Waals surface area contributed by atoms with Gasteiger partial charge in [0.25, 0.3) is 0 Å². The summed E-state index contributed by atoms with van der Waals surface area (Å²) in [6, 6.07) is 3.77. The van der Waals surface area contributed by atoms with Gasteiger partial charge in [0.05, 0.1) is 19.8 Å². The lowest BCUT2D eigenvalue weighted by atomic mass is 9.88. The second kappa shape index (κ2) is 4.85. The molecule has 0 fully saturated rings. The van der Waals surface area contributed by atoms with E-state index >= 15 is 0 Å². The van der Waals surface area contributed by atoms with E-state index in [4.69, 9.17) is 15.6 Å². The van der Waals surface area contributed by atoms with E-state index in [-0.39, 0.29) is 12.6 Å². The molecule has 0 heterocycles. The van der Waals surface area contributed by atoms with E-state index in [9.17, 15) is 0 Å². The Bertz CT molecular complexity index is 376. The van der Waals surface area contributed by atoms with Gasteiger partial charge in [-0.25, -0.2) is 0 Å². The molecular formula is C13H19NO2. The van der Waals surface area contributed by atoms with Gasteiger partial charge in [0.15, 0.2) is 0 Å². The number of aliphatic hydroxyl groups is 1. The first kappa shape index (κ1) is 11.4. The van der Waals surface area contributed by atoms with Gasteiger partial charge in [-0.15, -0.1) is 0 Å². The summed E-state index contributed by atoms with van der Waals surface area (Å²) in [5.74, 6) is 0.888. The number of methoxy groups -OCH3 is 1. The number of benzene rings is 1. The zero-order chi connectivity index (χ0) is 11.5. The Morgan fingerprint density at radius 1 is 1.38 bits per heavy atom. The second-order valence-electron chi connectivity index (χ2n) is 4.32. The molecule has 0 aromatic heterocycles. The molecule has 0 spiro atoms. The number of hydrogen-bond donors (Lipinski definition) is 2. The lowest BCUT2D eigenvalue weighted by molar-refractivity contribution is 0.264. The lowest BCUT2D eigenvalue weighted by Gasteiger charge is -2.23. The van der Waals surface area contributed by atoms with Crippen LogP contribution in [0.3, 0.4) is 0 Å². The van der Waals surface area contributed by atoms with Crippen molar-refractivity contribution in [3.05, 3.63) is 28.8 Å². The van der Waals surface area contributed by atoms with Crippen molar-refractivity contribution in [3.8, 4) is 5.75 Å². The third-order valence-corrected chi connectivity index (χ3v) is 3.31. The van der Waals surface area contributed by atoms with Crippen molar-refractivity contribution in [2.45, 2.75) is 31.7 Å². The molecule has 0 bridgehead atoms. The van der Waals surface area contributed by atoms with Crippen LogP contribution in [0.25, 0.3) is 0 Å². The van der Waals surface area contributed by atoms with Crippen molar-refractivity contribution in [2.24, 2.45) is 5.73 Å². The summed E-state index contributed by atoms with van der Waals surface area (Å²) >= 11 is 0. The van der Waals surface area contributed by atoms with Gasteiger partial charge in [0.1, 0.15) is 5.75 Å². The van der Waals surface area contributed by atoms with Gasteiger partial charge in [-0.3, -0.25) is 0 Å². The summed E-state index contributed by atoms with van der Waals surface area (Å²) in [4.78, 5) is 0. The smallest absolute Gasteiger partial charge is 0.127 e. The molecule has 3 N–H and O–H groups in total. The molecule has 1 aromatic carbocycles. The SMILES string of the molecule is COc1c(C(N)CO)ccc2c1CCCC2. The first-order chi connectivity index (χ1) is 7.77. The normalized spacial score (nSPS) is 16.7. The number of hydrogen-bond acceptors (Lipinski definition) is 3. The highest BCUT2D eigenvalue weighted by atomic mass is 16.5. The fraction of sp³-hybridized carbons (Fsp3) is 0.538. The predicted molar refractivity (Wildman–Crippen MR) is 63.7 cm³/mol. The minimum absolute atomic E-state index is 0.0465. The fourth-order valence-corrected chi connectivity index (χ4v) is 2.44. The Morgan fingerprint density at radius 3 is 2.81 bits per heavy atom. The Kier molecular flexibility index (Phi) is 3.46. The van der Waals surface area contributed by atoms with Crippen LogP contribution in [0.2, 0.25) is 0 Å². The third kappa shape index (κ3) is 1.93. The Hall–Kier alpha value is -1.06. The number of aryl methyl sites for hydroxylation is 1. The van der Waals surface area contributed by atoms with Crippen LogP contribution in [0, 0.1) is 0 Å². The molecule has 0 saturated heterocycles. The molecule has 16 heavy (non-hydrogen) atoms. The van der Waals surface area contributed by atoms with Crippen LogP contribution in [0.4, 0.5) is 0 Å². The number of aliphatic hydroxyl groups excluding tert-OH is 1. The van der Waals surface area contributed by atoms with Crippen molar-refractivity contribution < 1.29 is 9.84 Å². The van der Waals surface area contributed by atoms with E-state index in [1.54, 1.807) is 7.11 Å². The third-order valence-electron chi connectivity index (χ3n) is 3.31. The van der Waals surface area contributed by atoms with E-state index in [1.165, 1.54) is 24.0 Å². The summed E-state index contributed by atoms with van der Waals surface area (Å²) in [7, 11) is 1.68. The van der Waals surface area contributed by atoms with Gasteiger partial charge in [0, 0.05) is 5.56 Å². The van der Waals surface area contributed by atoms with Crippen molar-refractivity contribution >= 4 is 0 Å². The molecule has 1 aliphatic carbocycles. The Labute approximate surface area is 96.2 Å². The molecule has 0 radical (unpaired) electrons. The van der Waals surface area contributed by atoms with Crippen LogP contribution in [-0.4, -0.2) is 18.8 Å². The zero-order valence-electron chi connectivity index (χ0n) is 9.70. The first-order valence-electron chi connectivity index (χ1n) is 5.83. The van der Waals surface area contributed by atoms with Gasteiger partial charge in [-0.1, -0.05) is 12.1 Å². The number of rotatable bonds is 3. The molecule has 1 aromatic rings. The molecule has 88 valence electrons. The average molecular weight is 221 g/mol. The molecule has 3 nitrogen and oxygen atoms in total. The van der Waals surface area contributed by atoms with Crippen LogP contribution in [0.1, 0.15) is 35.6 Å². The number of fused-ring (bicyclic) bond motifs is 1. The van der Waals surface area contributed by atoms with Crippen LogP contribution < -0.4 is 10.5 Å². The zero-order valence-corrected chi connectivity index (χ0v) is 9.70. The first-order valence-corrected chi connectivity index (χ1v) is 5.83. The van der Waals surface area contributed by atoms with Crippen LogP contribution in [0.5, 0.6) is 5.75 Å². The number of ether oxygens (including phenoxy) is 1. The minimum atomic E-state index is -0.345. The van der Waals surface area contributed by atoms with Crippen molar-refractivity contribution in [2.75, 3.05) is 13.7 Å². The van der Waals surface area contributed by atoms with Crippen molar-refractivity contribution in [3.63, 3.8) is 0 Å². The largest absolute Gasteiger partial charge is 0.496 e. The fourth-order valence-electron chi connectivity index (χ4n) is 2.44. The predicted octanol–water partition coefficient (Wildman–Crippen LogP) is 1.57. The monoisotopic (exact) mass is 221 g/mol. The van der Waals surface area contributed by atoms with Crippen LogP contribution in [0.15, 0.2) is 12.1 Å². The molecule has 2 rings (SSSR count). The van der Waals surface area contributed by atoms with Crippen LogP contribution in [-0.2, 0) is 12.8 Å². The summed E-state index contributed by atoms with van der Waals surface area (Å²) in [6.45, 7) is -0.0465. The molecule has 0 saturated carbocycles. The standard InChI is InChI=1S/C13H19NO2/c1-16-13-10-5-3-2-4-9(10)6-7-11(13)12(14)8-15/h6-7,12,15H,2-5,8,14H2,1H3. The molecular weight excluding hydrogens is 202 g/mol. The summed E-state index contributed by atoms with van der Waals surface area (Å²) in [5, 5.41) is 9.13. The molecule has 1 aliphatic rings. The molecule has 1 atom stereocenters. The molecule has 0 aliphatic heterocycles. The van der Waals surface area contributed by atoms with Gasteiger partial charge >= 0.3 is 0 Å². The van der Waals surface area contributed by atoms with E-state index in [1.807, 2.05) is 6.07 Å². The maximum atomic E-state index is 9.13. The summed E-state index contributed by atoms with van der Waals surface area (Å²) < 4.78 is 5.48. The maximum Gasteiger partial charge on any atom is 0.127 e. The lowest BCUT2D eigenvalue weighted by Crippen LogP contribution is -2.17. The van der Waals surface area contributed by atoms with Crippen molar-refractivity contribution in [1.82, 2.24) is 0 Å². The average Bonchev–Trinajstić information content (AvgIpc) is 2.36. The molecule has 0 amide bonds. The van der Waals surface area contributed by atoms with Crippen LogP contribution >= 0.6 is 0 Å². The quantitative estimate of drug-likeness (QED) is 0.814. The van der Waals surface area contributed by atoms with Gasteiger partial charge in [-0.05, 0) is 36.8 Å². The van der Waals surface area contributed by atoms with Gasteiger partial charge < -0.3 is 15.6 Å². The summed E-state index contributed by atoms with van der Waals surface area (Å²) in [6.07, 6.45) is 4.65.